The number of hydrogen-bond donors (Lipinski definition) is 2. The normalized spacial score (nSPS) is 10.4. The average molecular weight is 188 g/mol. The molecule has 1 aromatic heterocycles. The molecular weight excluding hydrogens is 176 g/mol. The number of benzene rings is 1. The second-order valence-electron chi connectivity index (χ2n) is 3.36. The van der Waals surface area contributed by atoms with Gasteiger partial charge in [-0.3, -0.25) is 5.10 Å². The highest BCUT2D eigenvalue weighted by molar-refractivity contribution is 5.61. The van der Waals surface area contributed by atoms with Crippen LogP contribution in [0.1, 0.15) is 11.1 Å². The number of hydrogen-bond acceptors (Lipinski definition) is 3. The highest BCUT2D eigenvalue weighted by Crippen LogP contribution is 2.20. The third kappa shape index (κ3) is 1.46. The minimum absolute atomic E-state index is 0.279. The van der Waals surface area contributed by atoms with E-state index < -0.39 is 0 Å². The van der Waals surface area contributed by atoms with Crippen molar-refractivity contribution in [3.05, 3.63) is 29.3 Å². The quantitative estimate of drug-likeness (QED) is 0.715. The summed E-state index contributed by atoms with van der Waals surface area (Å²) in [6.45, 7) is 4.08. The summed E-state index contributed by atoms with van der Waals surface area (Å²) in [4.78, 5) is 4.09. The molecular formula is C10H12N4. The second-order valence-corrected chi connectivity index (χ2v) is 3.36. The van der Waals surface area contributed by atoms with Crippen LogP contribution in [0.5, 0.6) is 0 Å². The summed E-state index contributed by atoms with van der Waals surface area (Å²) >= 11 is 0. The largest absolute Gasteiger partial charge is 0.366 e. The van der Waals surface area contributed by atoms with E-state index in [0.717, 1.165) is 17.0 Å². The van der Waals surface area contributed by atoms with Crippen molar-refractivity contribution in [2.45, 2.75) is 13.8 Å². The number of aromatic nitrogens is 3. The maximum absolute atomic E-state index is 5.45. The fourth-order valence-corrected chi connectivity index (χ4v) is 1.39. The summed E-state index contributed by atoms with van der Waals surface area (Å²) in [6.07, 6.45) is 0. The zero-order chi connectivity index (χ0) is 10.1. The molecule has 2 aromatic rings. The van der Waals surface area contributed by atoms with Crippen LogP contribution in [0.4, 0.5) is 5.95 Å². The Kier molecular flexibility index (Phi) is 1.96. The summed E-state index contributed by atoms with van der Waals surface area (Å²) in [5.41, 5.74) is 8.85. The topological polar surface area (TPSA) is 67.6 Å². The van der Waals surface area contributed by atoms with E-state index >= 15 is 0 Å². The van der Waals surface area contributed by atoms with Gasteiger partial charge in [-0.25, -0.2) is 0 Å². The maximum Gasteiger partial charge on any atom is 0.239 e. The summed E-state index contributed by atoms with van der Waals surface area (Å²) in [7, 11) is 0. The molecule has 1 aromatic carbocycles. The molecule has 0 fully saturated rings. The molecule has 0 saturated heterocycles. The average Bonchev–Trinajstić information content (AvgIpc) is 2.56. The van der Waals surface area contributed by atoms with Crippen LogP contribution in [0, 0.1) is 13.8 Å². The minimum Gasteiger partial charge on any atom is -0.366 e. The molecule has 0 aliphatic rings. The number of nitrogens with zero attached hydrogens (tertiary/aromatic N) is 2. The fraction of sp³-hybridized carbons (Fsp3) is 0.200. The lowest BCUT2D eigenvalue weighted by atomic mass is 10.1. The van der Waals surface area contributed by atoms with E-state index in [9.17, 15) is 0 Å². The number of rotatable bonds is 1. The smallest absolute Gasteiger partial charge is 0.239 e. The Labute approximate surface area is 82.2 Å². The van der Waals surface area contributed by atoms with Crippen molar-refractivity contribution in [1.29, 1.82) is 0 Å². The van der Waals surface area contributed by atoms with Crippen LogP contribution in [-0.4, -0.2) is 15.2 Å². The fourth-order valence-electron chi connectivity index (χ4n) is 1.39. The number of nitrogen functional groups attached to an aromatic ring is 1. The number of anilines is 1. The van der Waals surface area contributed by atoms with Crippen LogP contribution in [0.15, 0.2) is 18.2 Å². The van der Waals surface area contributed by atoms with E-state index in [0.29, 0.717) is 0 Å². The molecule has 4 heteroatoms. The van der Waals surface area contributed by atoms with Gasteiger partial charge in [0.15, 0.2) is 5.82 Å². The van der Waals surface area contributed by atoms with Crippen molar-refractivity contribution in [3.8, 4) is 11.4 Å². The molecule has 0 saturated carbocycles. The van der Waals surface area contributed by atoms with E-state index in [2.05, 4.69) is 33.4 Å². The molecule has 2 rings (SSSR count). The van der Waals surface area contributed by atoms with Gasteiger partial charge in [0.2, 0.25) is 5.95 Å². The predicted octanol–water partition coefficient (Wildman–Crippen LogP) is 1.67. The molecule has 3 N–H and O–H groups in total. The van der Waals surface area contributed by atoms with Gasteiger partial charge in [-0.05, 0) is 25.5 Å². The zero-order valence-electron chi connectivity index (χ0n) is 8.20. The molecule has 0 unspecified atom stereocenters. The zero-order valence-corrected chi connectivity index (χ0v) is 8.20. The van der Waals surface area contributed by atoms with Crippen LogP contribution in [-0.2, 0) is 0 Å². The molecule has 1 heterocycles. The Balaban J connectivity index is 2.55. The van der Waals surface area contributed by atoms with Crippen LogP contribution in [0.2, 0.25) is 0 Å². The Bertz CT molecular complexity index is 459. The van der Waals surface area contributed by atoms with E-state index in [1.165, 1.54) is 5.56 Å². The van der Waals surface area contributed by atoms with E-state index in [1.807, 2.05) is 13.8 Å². The van der Waals surface area contributed by atoms with Gasteiger partial charge in [0, 0.05) is 5.56 Å². The number of nitrogens with two attached hydrogens (primary N) is 1. The lowest BCUT2D eigenvalue weighted by molar-refractivity contribution is 1.10. The van der Waals surface area contributed by atoms with Crippen molar-refractivity contribution in [3.63, 3.8) is 0 Å². The molecule has 4 nitrogen and oxygen atoms in total. The standard InChI is InChI=1S/C10H12N4/c1-6-3-4-7(2)8(5-6)9-12-10(11)14-13-9/h3-5H,1-2H3,(H3,11,12,13,14). The predicted molar refractivity (Wildman–Crippen MR) is 55.7 cm³/mol. The van der Waals surface area contributed by atoms with Gasteiger partial charge < -0.3 is 5.73 Å². The van der Waals surface area contributed by atoms with E-state index in [1.54, 1.807) is 0 Å². The molecule has 0 radical (unpaired) electrons. The van der Waals surface area contributed by atoms with Crippen LogP contribution in [0.3, 0.4) is 0 Å². The first-order chi connectivity index (χ1) is 6.66. The first-order valence-electron chi connectivity index (χ1n) is 4.42. The molecule has 0 aliphatic carbocycles. The lowest BCUT2D eigenvalue weighted by Crippen LogP contribution is -1.88. The van der Waals surface area contributed by atoms with Crippen LogP contribution >= 0.6 is 0 Å². The molecule has 0 atom stereocenters. The summed E-state index contributed by atoms with van der Waals surface area (Å²) in [5.74, 6) is 1.00. The second kappa shape index (κ2) is 3.14. The summed E-state index contributed by atoms with van der Waals surface area (Å²) in [5, 5.41) is 6.61. The van der Waals surface area contributed by atoms with Gasteiger partial charge >= 0.3 is 0 Å². The van der Waals surface area contributed by atoms with Gasteiger partial charge in [0.25, 0.3) is 0 Å². The van der Waals surface area contributed by atoms with E-state index in [4.69, 9.17) is 5.73 Å². The monoisotopic (exact) mass is 188 g/mol. The van der Waals surface area contributed by atoms with Crippen molar-refractivity contribution in [2.75, 3.05) is 5.73 Å². The van der Waals surface area contributed by atoms with Crippen molar-refractivity contribution in [1.82, 2.24) is 15.2 Å². The molecule has 14 heavy (non-hydrogen) atoms. The first-order valence-corrected chi connectivity index (χ1v) is 4.42. The number of H-pyrrole nitrogens is 1. The SMILES string of the molecule is Cc1ccc(C)c(-c2nc(N)n[nH]2)c1. The van der Waals surface area contributed by atoms with Crippen molar-refractivity contribution < 1.29 is 0 Å². The first kappa shape index (κ1) is 8.74. The molecule has 0 aliphatic heterocycles. The van der Waals surface area contributed by atoms with Gasteiger partial charge in [-0.2, -0.15) is 4.98 Å². The number of aromatic amines is 1. The Morgan fingerprint density at radius 1 is 1.29 bits per heavy atom. The van der Waals surface area contributed by atoms with Gasteiger partial charge in [-0.1, -0.05) is 17.7 Å². The lowest BCUT2D eigenvalue weighted by Gasteiger charge is -2.02. The third-order valence-corrected chi connectivity index (χ3v) is 2.15. The Morgan fingerprint density at radius 3 is 2.71 bits per heavy atom. The number of aryl methyl sites for hydroxylation is 2. The molecule has 0 spiro atoms. The molecule has 0 amide bonds. The number of nitrogens with one attached hydrogen (secondary N) is 1. The minimum atomic E-state index is 0.279. The van der Waals surface area contributed by atoms with Gasteiger partial charge in [0.1, 0.15) is 0 Å². The van der Waals surface area contributed by atoms with Crippen LogP contribution in [0.25, 0.3) is 11.4 Å². The Morgan fingerprint density at radius 2 is 2.07 bits per heavy atom. The van der Waals surface area contributed by atoms with Gasteiger partial charge in [0.05, 0.1) is 0 Å². The Hall–Kier alpha value is -1.84. The highest BCUT2D eigenvalue weighted by Gasteiger charge is 2.06. The summed E-state index contributed by atoms with van der Waals surface area (Å²) < 4.78 is 0. The van der Waals surface area contributed by atoms with Gasteiger partial charge in [-0.15, -0.1) is 5.10 Å². The summed E-state index contributed by atoms with van der Waals surface area (Å²) in [6, 6.07) is 6.19. The van der Waals surface area contributed by atoms with Crippen LogP contribution < -0.4 is 5.73 Å². The molecule has 0 bridgehead atoms. The van der Waals surface area contributed by atoms with E-state index in [-0.39, 0.29) is 5.95 Å². The third-order valence-electron chi connectivity index (χ3n) is 2.15. The highest BCUT2D eigenvalue weighted by atomic mass is 15.3. The van der Waals surface area contributed by atoms with Crippen molar-refractivity contribution >= 4 is 5.95 Å². The van der Waals surface area contributed by atoms with Crippen molar-refractivity contribution in [2.24, 2.45) is 0 Å². The molecule has 72 valence electrons. The maximum atomic E-state index is 5.45.